The number of carbonyl (C=O) groups is 1. The monoisotopic (exact) mass is 267 g/mol. The van der Waals surface area contributed by atoms with Crippen LogP contribution in [0.5, 0.6) is 0 Å². The van der Waals surface area contributed by atoms with E-state index >= 15 is 0 Å². The third kappa shape index (κ3) is 3.10. The Morgan fingerprint density at radius 3 is 3.11 bits per heavy atom. The number of thiophene rings is 1. The summed E-state index contributed by atoms with van der Waals surface area (Å²) in [7, 11) is 0. The van der Waals surface area contributed by atoms with Crippen LogP contribution in [0.3, 0.4) is 0 Å². The second-order valence-electron chi connectivity index (χ2n) is 4.97. The van der Waals surface area contributed by atoms with Crippen molar-refractivity contribution in [1.29, 1.82) is 0 Å². The van der Waals surface area contributed by atoms with Gasteiger partial charge in [-0.1, -0.05) is 0 Å². The highest BCUT2D eigenvalue weighted by Crippen LogP contribution is 2.24. The molecule has 0 aliphatic carbocycles. The van der Waals surface area contributed by atoms with E-state index in [2.05, 4.69) is 28.6 Å². The number of rotatable bonds is 4. The lowest BCUT2D eigenvalue weighted by atomic mass is 10.1. The molecule has 2 atom stereocenters. The lowest BCUT2D eigenvalue weighted by molar-refractivity contribution is -0.122. The normalized spacial score (nSPS) is 19.1. The van der Waals surface area contributed by atoms with Crippen molar-refractivity contribution in [2.75, 3.05) is 13.1 Å². The molecule has 2 heterocycles. The van der Waals surface area contributed by atoms with E-state index in [4.69, 9.17) is 5.73 Å². The minimum atomic E-state index is -0.429. The maximum absolute atomic E-state index is 11.4. The van der Waals surface area contributed by atoms with Crippen molar-refractivity contribution < 1.29 is 4.79 Å². The van der Waals surface area contributed by atoms with E-state index in [0.29, 0.717) is 12.6 Å². The second kappa shape index (κ2) is 5.82. The predicted octanol–water partition coefficient (Wildman–Crippen LogP) is 0.958. The zero-order valence-corrected chi connectivity index (χ0v) is 11.8. The van der Waals surface area contributed by atoms with Crippen molar-refractivity contribution in [3.05, 3.63) is 21.9 Å². The van der Waals surface area contributed by atoms with Crippen molar-refractivity contribution in [2.24, 2.45) is 5.73 Å². The number of nitrogens with zero attached hydrogens (tertiary/aromatic N) is 1. The van der Waals surface area contributed by atoms with E-state index in [-0.39, 0.29) is 5.91 Å². The standard InChI is InChI=1S/C13H21N3OS/c1-9(7-15-13(17)10(2)14)16-5-3-12-11(8-16)4-6-18-12/h4,6,9-10H,3,5,7-8,14H2,1-2H3,(H,15,17). The molecular weight excluding hydrogens is 246 g/mol. The number of amides is 1. The van der Waals surface area contributed by atoms with Crippen molar-refractivity contribution in [3.8, 4) is 0 Å². The van der Waals surface area contributed by atoms with E-state index in [1.165, 1.54) is 10.4 Å². The molecule has 1 aromatic heterocycles. The van der Waals surface area contributed by atoms with Gasteiger partial charge >= 0.3 is 0 Å². The van der Waals surface area contributed by atoms with Crippen LogP contribution in [-0.4, -0.2) is 36.0 Å². The predicted molar refractivity (Wildman–Crippen MR) is 74.6 cm³/mol. The highest BCUT2D eigenvalue weighted by atomic mass is 32.1. The van der Waals surface area contributed by atoms with Gasteiger partial charge in [0.05, 0.1) is 6.04 Å². The van der Waals surface area contributed by atoms with Gasteiger partial charge in [-0.2, -0.15) is 0 Å². The average molecular weight is 267 g/mol. The molecule has 0 spiro atoms. The van der Waals surface area contributed by atoms with E-state index in [9.17, 15) is 4.79 Å². The minimum absolute atomic E-state index is 0.0740. The molecule has 1 aliphatic heterocycles. The van der Waals surface area contributed by atoms with Crippen molar-refractivity contribution in [2.45, 2.75) is 38.9 Å². The van der Waals surface area contributed by atoms with E-state index in [0.717, 1.165) is 19.5 Å². The van der Waals surface area contributed by atoms with Crippen LogP contribution in [0.2, 0.25) is 0 Å². The first-order valence-corrected chi connectivity index (χ1v) is 7.28. The molecule has 5 heteroatoms. The molecule has 1 amide bonds. The Morgan fingerprint density at radius 1 is 1.61 bits per heavy atom. The fourth-order valence-corrected chi connectivity index (χ4v) is 3.07. The first kappa shape index (κ1) is 13.5. The molecule has 3 N–H and O–H groups in total. The summed E-state index contributed by atoms with van der Waals surface area (Å²) in [6, 6.07) is 2.13. The molecule has 2 rings (SSSR count). The molecule has 0 fully saturated rings. The van der Waals surface area contributed by atoms with Gasteiger partial charge in [0.15, 0.2) is 0 Å². The molecule has 4 nitrogen and oxygen atoms in total. The molecular formula is C13H21N3OS. The van der Waals surface area contributed by atoms with Gasteiger partial charge < -0.3 is 11.1 Å². The maximum Gasteiger partial charge on any atom is 0.236 e. The van der Waals surface area contributed by atoms with Gasteiger partial charge in [0, 0.05) is 30.6 Å². The number of nitrogens with two attached hydrogens (primary N) is 1. The van der Waals surface area contributed by atoms with Crippen LogP contribution in [0.15, 0.2) is 11.4 Å². The Balaban J connectivity index is 1.84. The van der Waals surface area contributed by atoms with Gasteiger partial charge in [-0.05, 0) is 37.3 Å². The Labute approximate surface area is 112 Å². The Morgan fingerprint density at radius 2 is 2.39 bits per heavy atom. The lowest BCUT2D eigenvalue weighted by Gasteiger charge is -2.32. The van der Waals surface area contributed by atoms with Crippen LogP contribution in [0.1, 0.15) is 24.3 Å². The van der Waals surface area contributed by atoms with Gasteiger partial charge in [0.1, 0.15) is 0 Å². The Kier molecular flexibility index (Phi) is 4.37. The highest BCUT2D eigenvalue weighted by Gasteiger charge is 2.21. The average Bonchev–Trinajstić information content (AvgIpc) is 2.82. The van der Waals surface area contributed by atoms with Gasteiger partial charge in [-0.15, -0.1) is 11.3 Å². The van der Waals surface area contributed by atoms with Gasteiger partial charge in [0.25, 0.3) is 0 Å². The van der Waals surface area contributed by atoms with Crippen LogP contribution < -0.4 is 11.1 Å². The number of nitrogens with one attached hydrogen (secondary N) is 1. The molecule has 100 valence electrons. The summed E-state index contributed by atoms with van der Waals surface area (Å²) < 4.78 is 0. The summed E-state index contributed by atoms with van der Waals surface area (Å²) in [5.41, 5.74) is 6.97. The first-order valence-electron chi connectivity index (χ1n) is 6.40. The van der Waals surface area contributed by atoms with Gasteiger partial charge in [-0.25, -0.2) is 0 Å². The highest BCUT2D eigenvalue weighted by molar-refractivity contribution is 7.10. The van der Waals surface area contributed by atoms with E-state index in [1.807, 2.05) is 11.3 Å². The molecule has 1 aromatic rings. The summed E-state index contributed by atoms with van der Waals surface area (Å²) in [5, 5.41) is 5.06. The molecule has 0 saturated carbocycles. The number of hydrogen-bond acceptors (Lipinski definition) is 4. The van der Waals surface area contributed by atoms with Crippen LogP contribution in [0.25, 0.3) is 0 Å². The van der Waals surface area contributed by atoms with Crippen molar-refractivity contribution in [3.63, 3.8) is 0 Å². The Bertz CT molecular complexity index is 416. The SMILES string of the molecule is CC(N)C(=O)NCC(C)N1CCc2sccc2C1. The van der Waals surface area contributed by atoms with Crippen LogP contribution in [0, 0.1) is 0 Å². The third-order valence-electron chi connectivity index (χ3n) is 3.45. The van der Waals surface area contributed by atoms with E-state index < -0.39 is 6.04 Å². The molecule has 1 aliphatic rings. The molecule has 18 heavy (non-hydrogen) atoms. The largest absolute Gasteiger partial charge is 0.353 e. The van der Waals surface area contributed by atoms with Crippen molar-refractivity contribution in [1.82, 2.24) is 10.2 Å². The zero-order chi connectivity index (χ0) is 13.1. The van der Waals surface area contributed by atoms with Gasteiger partial charge in [0.2, 0.25) is 5.91 Å². The third-order valence-corrected chi connectivity index (χ3v) is 4.47. The Hall–Kier alpha value is -0.910. The first-order chi connectivity index (χ1) is 8.58. The number of fused-ring (bicyclic) bond motifs is 1. The molecule has 0 aromatic carbocycles. The maximum atomic E-state index is 11.4. The summed E-state index contributed by atoms with van der Waals surface area (Å²) in [6.07, 6.45) is 1.12. The smallest absolute Gasteiger partial charge is 0.236 e. The summed E-state index contributed by atoms with van der Waals surface area (Å²) in [4.78, 5) is 15.4. The van der Waals surface area contributed by atoms with Crippen LogP contribution >= 0.6 is 11.3 Å². The number of hydrogen-bond donors (Lipinski definition) is 2. The van der Waals surface area contributed by atoms with Crippen molar-refractivity contribution >= 4 is 17.2 Å². The topological polar surface area (TPSA) is 58.4 Å². The number of carbonyl (C=O) groups excluding carboxylic acids is 1. The fraction of sp³-hybridized carbons (Fsp3) is 0.615. The van der Waals surface area contributed by atoms with E-state index in [1.54, 1.807) is 6.92 Å². The summed E-state index contributed by atoms with van der Waals surface area (Å²) in [6.45, 7) is 6.59. The zero-order valence-electron chi connectivity index (χ0n) is 11.0. The molecule has 0 radical (unpaired) electrons. The van der Waals surface area contributed by atoms with Crippen LogP contribution in [0.4, 0.5) is 0 Å². The quantitative estimate of drug-likeness (QED) is 0.854. The van der Waals surface area contributed by atoms with Crippen LogP contribution in [-0.2, 0) is 17.8 Å². The van der Waals surface area contributed by atoms with Gasteiger partial charge in [-0.3, -0.25) is 9.69 Å². The molecule has 0 bridgehead atoms. The molecule has 2 unspecified atom stereocenters. The fourth-order valence-electron chi connectivity index (χ4n) is 2.18. The minimum Gasteiger partial charge on any atom is -0.353 e. The second-order valence-corrected chi connectivity index (χ2v) is 5.97. The summed E-state index contributed by atoms with van der Waals surface area (Å²) >= 11 is 1.85. The summed E-state index contributed by atoms with van der Waals surface area (Å²) in [5.74, 6) is -0.0740. The molecule has 0 saturated heterocycles. The lowest BCUT2D eigenvalue weighted by Crippen LogP contribution is -2.47.